The molecular formula is C14H26N2O. The highest BCUT2D eigenvalue weighted by molar-refractivity contribution is 5.80. The first-order chi connectivity index (χ1) is 8.00. The second-order valence-corrected chi connectivity index (χ2v) is 6.28. The van der Waals surface area contributed by atoms with Crippen LogP contribution in [0, 0.1) is 17.8 Å². The zero-order valence-corrected chi connectivity index (χ0v) is 11.4. The Morgan fingerprint density at radius 1 is 1.24 bits per heavy atom. The molecule has 1 heterocycles. The quantitative estimate of drug-likeness (QED) is 0.759. The van der Waals surface area contributed by atoms with Crippen molar-refractivity contribution in [3.05, 3.63) is 0 Å². The van der Waals surface area contributed by atoms with Gasteiger partial charge in [-0.15, -0.1) is 0 Å². The summed E-state index contributed by atoms with van der Waals surface area (Å²) in [4.78, 5) is 14.7. The molecule has 17 heavy (non-hydrogen) atoms. The minimum Gasteiger partial charge on any atom is -0.339 e. The van der Waals surface area contributed by atoms with Crippen LogP contribution < -0.4 is 5.73 Å². The number of carbonyl (C=O) groups is 1. The molecule has 1 amide bonds. The van der Waals surface area contributed by atoms with Crippen LogP contribution in [0.2, 0.25) is 0 Å². The third-order valence-corrected chi connectivity index (χ3v) is 4.62. The minimum atomic E-state index is 0.0662. The predicted molar refractivity (Wildman–Crippen MR) is 69.4 cm³/mol. The van der Waals surface area contributed by atoms with Crippen molar-refractivity contribution in [1.82, 2.24) is 4.90 Å². The molecule has 3 heteroatoms. The van der Waals surface area contributed by atoms with Gasteiger partial charge < -0.3 is 10.6 Å². The summed E-state index contributed by atoms with van der Waals surface area (Å²) in [6, 6.07) is 0.480. The highest BCUT2D eigenvalue weighted by atomic mass is 16.2. The van der Waals surface area contributed by atoms with E-state index < -0.39 is 0 Å². The van der Waals surface area contributed by atoms with Gasteiger partial charge in [-0.05, 0) is 38.0 Å². The maximum absolute atomic E-state index is 12.6. The summed E-state index contributed by atoms with van der Waals surface area (Å²) >= 11 is 0. The summed E-state index contributed by atoms with van der Waals surface area (Å²) in [6.45, 7) is 7.51. The lowest BCUT2D eigenvalue weighted by Crippen LogP contribution is -2.49. The lowest BCUT2D eigenvalue weighted by Gasteiger charge is -2.37. The van der Waals surface area contributed by atoms with Gasteiger partial charge in [0.25, 0.3) is 0 Å². The molecule has 5 atom stereocenters. The summed E-state index contributed by atoms with van der Waals surface area (Å²) < 4.78 is 0. The van der Waals surface area contributed by atoms with E-state index in [1.807, 2.05) is 0 Å². The number of hydrogen-bond acceptors (Lipinski definition) is 2. The molecule has 1 aliphatic heterocycles. The molecule has 0 aromatic rings. The Morgan fingerprint density at radius 3 is 2.47 bits per heavy atom. The predicted octanol–water partition coefficient (Wildman–Crippen LogP) is 2.01. The Balaban J connectivity index is 2.08. The highest BCUT2D eigenvalue weighted by Gasteiger charge is 2.40. The number of likely N-dealkylation sites (tertiary alicyclic amines) is 1. The normalized spacial score (nSPS) is 42.8. The average Bonchev–Trinajstić information content (AvgIpc) is 2.57. The molecule has 0 spiro atoms. The summed E-state index contributed by atoms with van der Waals surface area (Å²) in [5.41, 5.74) is 6.17. The topological polar surface area (TPSA) is 46.3 Å². The summed E-state index contributed by atoms with van der Waals surface area (Å²) in [7, 11) is 0. The zero-order chi connectivity index (χ0) is 12.6. The van der Waals surface area contributed by atoms with Crippen LogP contribution in [0.5, 0.6) is 0 Å². The van der Waals surface area contributed by atoms with E-state index in [1.165, 1.54) is 6.42 Å². The number of carbonyl (C=O) groups excluding carboxylic acids is 1. The van der Waals surface area contributed by atoms with Gasteiger partial charge in [-0.2, -0.15) is 0 Å². The Labute approximate surface area is 105 Å². The van der Waals surface area contributed by atoms with Gasteiger partial charge in [0.05, 0.1) is 5.92 Å². The monoisotopic (exact) mass is 238 g/mol. The van der Waals surface area contributed by atoms with Crippen molar-refractivity contribution >= 4 is 5.91 Å². The first-order valence-corrected chi connectivity index (χ1v) is 7.06. The van der Waals surface area contributed by atoms with Gasteiger partial charge in [0.2, 0.25) is 5.91 Å². The van der Waals surface area contributed by atoms with Crippen LogP contribution in [0.25, 0.3) is 0 Å². The molecule has 2 aliphatic rings. The lowest BCUT2D eigenvalue weighted by atomic mass is 9.76. The molecule has 1 saturated heterocycles. The lowest BCUT2D eigenvalue weighted by molar-refractivity contribution is -0.139. The molecule has 1 saturated carbocycles. The molecular weight excluding hydrogens is 212 g/mol. The van der Waals surface area contributed by atoms with E-state index in [-0.39, 0.29) is 12.0 Å². The molecule has 0 radical (unpaired) electrons. The van der Waals surface area contributed by atoms with Crippen molar-refractivity contribution in [3.8, 4) is 0 Å². The zero-order valence-electron chi connectivity index (χ0n) is 11.4. The van der Waals surface area contributed by atoms with Gasteiger partial charge in [-0.1, -0.05) is 20.3 Å². The van der Waals surface area contributed by atoms with Gasteiger partial charge >= 0.3 is 0 Å². The fourth-order valence-corrected chi connectivity index (χ4v) is 3.68. The molecule has 2 N–H and O–H groups in total. The number of rotatable bonds is 1. The van der Waals surface area contributed by atoms with E-state index in [0.717, 1.165) is 25.8 Å². The van der Waals surface area contributed by atoms with Crippen molar-refractivity contribution in [1.29, 1.82) is 0 Å². The van der Waals surface area contributed by atoms with Crippen molar-refractivity contribution in [3.63, 3.8) is 0 Å². The van der Waals surface area contributed by atoms with E-state index in [9.17, 15) is 4.79 Å². The van der Waals surface area contributed by atoms with Crippen LogP contribution in [0.15, 0.2) is 0 Å². The summed E-state index contributed by atoms with van der Waals surface area (Å²) in [5.74, 6) is 1.48. The van der Waals surface area contributed by atoms with Gasteiger partial charge in [0, 0.05) is 18.6 Å². The fourth-order valence-electron chi connectivity index (χ4n) is 3.68. The molecule has 0 aromatic heterocycles. The van der Waals surface area contributed by atoms with Crippen LogP contribution in [0.1, 0.15) is 46.5 Å². The van der Waals surface area contributed by atoms with E-state index in [4.69, 9.17) is 5.73 Å². The van der Waals surface area contributed by atoms with Crippen LogP contribution in [0.4, 0.5) is 0 Å². The Hall–Kier alpha value is -0.570. The fraction of sp³-hybridized carbons (Fsp3) is 0.929. The van der Waals surface area contributed by atoms with Gasteiger partial charge in [0.15, 0.2) is 0 Å². The Morgan fingerprint density at radius 2 is 1.94 bits per heavy atom. The standard InChI is InChI=1S/C14H26N2O/c1-9-7-11(3)16(8-9)14(17)13-10(2)5-4-6-12(13)15/h9-13H,4-8,15H2,1-3H3. The van der Waals surface area contributed by atoms with Crippen LogP contribution in [0.3, 0.4) is 0 Å². The van der Waals surface area contributed by atoms with E-state index in [2.05, 4.69) is 25.7 Å². The van der Waals surface area contributed by atoms with Crippen LogP contribution in [-0.4, -0.2) is 29.4 Å². The van der Waals surface area contributed by atoms with Gasteiger partial charge in [-0.25, -0.2) is 0 Å². The second kappa shape index (κ2) is 4.97. The van der Waals surface area contributed by atoms with Gasteiger partial charge in [-0.3, -0.25) is 4.79 Å². The largest absolute Gasteiger partial charge is 0.339 e. The summed E-state index contributed by atoms with van der Waals surface area (Å²) in [5, 5.41) is 0. The van der Waals surface area contributed by atoms with E-state index in [1.54, 1.807) is 0 Å². The molecule has 98 valence electrons. The van der Waals surface area contributed by atoms with Crippen molar-refractivity contribution in [2.75, 3.05) is 6.54 Å². The number of hydrogen-bond donors (Lipinski definition) is 1. The van der Waals surface area contributed by atoms with Crippen molar-refractivity contribution in [2.45, 2.75) is 58.5 Å². The molecule has 0 aromatic carbocycles. The Kier molecular flexibility index (Phi) is 3.76. The molecule has 2 fully saturated rings. The van der Waals surface area contributed by atoms with Crippen molar-refractivity contribution in [2.24, 2.45) is 23.5 Å². The molecule has 0 bridgehead atoms. The van der Waals surface area contributed by atoms with E-state index in [0.29, 0.717) is 23.8 Å². The SMILES string of the molecule is CC1CC(C)N(C(=O)C2C(C)CCCC2N)C1. The highest BCUT2D eigenvalue weighted by Crippen LogP contribution is 2.33. The molecule has 1 aliphatic carbocycles. The number of amides is 1. The average molecular weight is 238 g/mol. The maximum atomic E-state index is 12.6. The van der Waals surface area contributed by atoms with Crippen LogP contribution in [-0.2, 0) is 4.79 Å². The molecule has 3 nitrogen and oxygen atoms in total. The van der Waals surface area contributed by atoms with Crippen LogP contribution >= 0.6 is 0 Å². The van der Waals surface area contributed by atoms with Gasteiger partial charge in [0.1, 0.15) is 0 Å². The minimum absolute atomic E-state index is 0.0662. The Bertz CT molecular complexity index is 282. The van der Waals surface area contributed by atoms with E-state index >= 15 is 0 Å². The third-order valence-electron chi connectivity index (χ3n) is 4.62. The second-order valence-electron chi connectivity index (χ2n) is 6.28. The molecule has 2 rings (SSSR count). The first-order valence-electron chi connectivity index (χ1n) is 7.06. The third kappa shape index (κ3) is 2.49. The smallest absolute Gasteiger partial charge is 0.227 e. The first kappa shape index (κ1) is 12.9. The summed E-state index contributed by atoms with van der Waals surface area (Å²) in [6.07, 6.45) is 4.49. The maximum Gasteiger partial charge on any atom is 0.227 e. The number of nitrogens with zero attached hydrogens (tertiary/aromatic N) is 1. The van der Waals surface area contributed by atoms with Crippen molar-refractivity contribution < 1.29 is 4.79 Å². The number of nitrogens with two attached hydrogens (primary N) is 1. The molecule has 5 unspecified atom stereocenters.